The van der Waals surface area contributed by atoms with Crippen molar-refractivity contribution < 1.29 is 45.2 Å². The van der Waals surface area contributed by atoms with Gasteiger partial charge in [-0.2, -0.15) is 0 Å². The second-order valence-corrected chi connectivity index (χ2v) is 8.67. The fraction of sp³-hybridized carbons (Fsp3) is 0.895. The van der Waals surface area contributed by atoms with Crippen molar-refractivity contribution in [2.24, 2.45) is 11.3 Å². The minimum Gasteiger partial charge on any atom is -0.394 e. The molecule has 7 N–H and O–H groups in total. The van der Waals surface area contributed by atoms with Crippen LogP contribution in [0.2, 0.25) is 0 Å². The summed E-state index contributed by atoms with van der Waals surface area (Å²) in [4.78, 5) is 0. The first-order chi connectivity index (χ1) is 12.9. The van der Waals surface area contributed by atoms with E-state index >= 15 is 0 Å². The van der Waals surface area contributed by atoms with E-state index in [9.17, 15) is 35.7 Å². The topological polar surface area (TPSA) is 160 Å². The molecule has 0 aromatic heterocycles. The zero-order chi connectivity index (χ0) is 21.4. The molecule has 10 atom stereocenters. The van der Waals surface area contributed by atoms with Crippen molar-refractivity contribution in [3.8, 4) is 0 Å². The van der Waals surface area contributed by atoms with Crippen LogP contribution in [0.25, 0.3) is 0 Å². The van der Waals surface area contributed by atoms with Gasteiger partial charge in [0, 0.05) is 11.3 Å². The number of rotatable bonds is 5. The predicted molar refractivity (Wildman–Crippen MR) is 98.0 cm³/mol. The molecule has 0 spiro atoms. The molecule has 1 saturated carbocycles. The Morgan fingerprint density at radius 2 is 1.75 bits per heavy atom. The molecule has 1 saturated heterocycles. The van der Waals surface area contributed by atoms with Crippen LogP contribution in [0, 0.1) is 11.3 Å². The average molecular weight is 406 g/mol. The quantitative estimate of drug-likeness (QED) is 0.263. The number of hydrogen-bond donors (Lipinski definition) is 7. The molecule has 0 bridgehead atoms. The summed E-state index contributed by atoms with van der Waals surface area (Å²) in [5.74, 6) is -0.673. The molecule has 2 rings (SSSR count). The van der Waals surface area contributed by atoms with Gasteiger partial charge in [0.05, 0.1) is 30.5 Å². The molecule has 28 heavy (non-hydrogen) atoms. The van der Waals surface area contributed by atoms with Gasteiger partial charge in [-0.25, -0.2) is 0 Å². The van der Waals surface area contributed by atoms with E-state index in [1.807, 2.05) is 0 Å². The molecule has 2 aliphatic rings. The smallest absolute Gasteiger partial charge is 0.187 e. The Morgan fingerprint density at radius 3 is 2.29 bits per heavy atom. The van der Waals surface area contributed by atoms with Crippen molar-refractivity contribution in [1.29, 1.82) is 0 Å². The molecule has 0 aromatic rings. The second-order valence-electron chi connectivity index (χ2n) is 8.67. The second kappa shape index (κ2) is 8.63. The molecular formula is C19H34O9. The minimum absolute atomic E-state index is 0.167. The van der Waals surface area contributed by atoms with E-state index in [0.29, 0.717) is 0 Å². The third kappa shape index (κ3) is 4.28. The van der Waals surface area contributed by atoms with Crippen molar-refractivity contribution in [1.82, 2.24) is 0 Å². The first-order valence-electron chi connectivity index (χ1n) is 9.59. The first kappa shape index (κ1) is 23.7. The Kier molecular flexibility index (Phi) is 7.29. The largest absolute Gasteiger partial charge is 0.394 e. The molecule has 164 valence electrons. The highest BCUT2D eigenvalue weighted by atomic mass is 16.7. The molecular weight excluding hydrogens is 372 g/mol. The number of aliphatic hydroxyl groups is 7. The lowest BCUT2D eigenvalue weighted by Gasteiger charge is -2.54. The van der Waals surface area contributed by atoms with Crippen LogP contribution in [0.15, 0.2) is 12.2 Å². The monoisotopic (exact) mass is 406 g/mol. The molecule has 1 aliphatic heterocycles. The Balaban J connectivity index is 2.27. The Labute approximate surface area is 164 Å². The van der Waals surface area contributed by atoms with Crippen molar-refractivity contribution >= 4 is 0 Å². The van der Waals surface area contributed by atoms with Crippen LogP contribution in [-0.4, -0.2) is 97.0 Å². The molecule has 9 nitrogen and oxygen atoms in total. The fourth-order valence-electron chi connectivity index (χ4n) is 4.21. The highest BCUT2D eigenvalue weighted by molar-refractivity contribution is 5.17. The standard InChI is InChI=1S/C19H34O9/c1-9(21)5-6-19(26)10(2)16(11(22)7-18(19,3)4)28-17-15(25)14(24)13(23)12(8-20)27-17/h5-6,9-17,20-26H,7-8H2,1-4H3/b6-5+/t9-,10+,11-,12-,13-,14+,15-,16-,17+,19+/m1/s1. The van der Waals surface area contributed by atoms with Gasteiger partial charge in [0.1, 0.15) is 24.4 Å². The summed E-state index contributed by atoms with van der Waals surface area (Å²) in [6, 6.07) is 0. The van der Waals surface area contributed by atoms with Crippen molar-refractivity contribution in [2.75, 3.05) is 6.61 Å². The molecule has 1 aliphatic carbocycles. The maximum Gasteiger partial charge on any atom is 0.187 e. The van der Waals surface area contributed by atoms with E-state index in [1.165, 1.54) is 12.2 Å². The van der Waals surface area contributed by atoms with Crippen molar-refractivity contribution in [3.05, 3.63) is 12.2 Å². The zero-order valence-corrected chi connectivity index (χ0v) is 16.7. The molecule has 0 amide bonds. The number of aliphatic hydroxyl groups excluding tert-OH is 6. The SMILES string of the molecule is C[C@@H](O)/C=C/[C@]1(O)[C@@H](C)[C@@H](O[C@@H]2O[C@H](CO)[C@@H](O)[C@H](O)[C@H]2O)[C@H](O)CC1(C)C. The lowest BCUT2D eigenvalue weighted by Crippen LogP contribution is -2.64. The van der Waals surface area contributed by atoms with E-state index in [0.717, 1.165) is 0 Å². The molecule has 0 radical (unpaired) electrons. The van der Waals surface area contributed by atoms with Crippen LogP contribution >= 0.6 is 0 Å². The van der Waals surface area contributed by atoms with Crippen LogP contribution < -0.4 is 0 Å². The maximum absolute atomic E-state index is 11.4. The van der Waals surface area contributed by atoms with E-state index in [1.54, 1.807) is 27.7 Å². The number of ether oxygens (including phenoxy) is 2. The molecule has 2 fully saturated rings. The van der Waals surface area contributed by atoms with E-state index in [-0.39, 0.29) is 6.42 Å². The Morgan fingerprint density at radius 1 is 1.14 bits per heavy atom. The van der Waals surface area contributed by atoms with Crippen LogP contribution in [0.3, 0.4) is 0 Å². The molecule has 0 unspecified atom stereocenters. The summed E-state index contributed by atoms with van der Waals surface area (Å²) >= 11 is 0. The normalized spacial score (nSPS) is 48.0. The van der Waals surface area contributed by atoms with Crippen LogP contribution in [0.5, 0.6) is 0 Å². The lowest BCUT2D eigenvalue weighted by molar-refractivity contribution is -0.332. The first-order valence-corrected chi connectivity index (χ1v) is 9.59. The number of hydrogen-bond acceptors (Lipinski definition) is 9. The van der Waals surface area contributed by atoms with Gasteiger partial charge < -0.3 is 45.2 Å². The molecule has 9 heteroatoms. The molecule has 0 aromatic carbocycles. The van der Waals surface area contributed by atoms with Gasteiger partial charge in [0.15, 0.2) is 6.29 Å². The fourth-order valence-corrected chi connectivity index (χ4v) is 4.21. The van der Waals surface area contributed by atoms with Gasteiger partial charge in [0.25, 0.3) is 0 Å². The summed E-state index contributed by atoms with van der Waals surface area (Å²) in [5, 5.41) is 70.9. The average Bonchev–Trinajstić information content (AvgIpc) is 2.61. The Bertz CT molecular complexity index is 550. The van der Waals surface area contributed by atoms with Crippen LogP contribution in [-0.2, 0) is 9.47 Å². The summed E-state index contributed by atoms with van der Waals surface area (Å²) in [6.07, 6.45) is -6.89. The zero-order valence-electron chi connectivity index (χ0n) is 16.7. The van der Waals surface area contributed by atoms with Crippen molar-refractivity contribution in [2.45, 2.75) is 88.7 Å². The van der Waals surface area contributed by atoms with Crippen molar-refractivity contribution in [3.63, 3.8) is 0 Å². The maximum atomic E-state index is 11.4. The van der Waals surface area contributed by atoms with Crippen LogP contribution in [0.1, 0.15) is 34.1 Å². The lowest BCUT2D eigenvalue weighted by atomic mass is 9.58. The minimum atomic E-state index is -1.60. The Hall–Kier alpha value is -0.620. The summed E-state index contributed by atoms with van der Waals surface area (Å²) in [6.45, 7) is 6.22. The third-order valence-corrected chi connectivity index (χ3v) is 6.14. The highest BCUT2D eigenvalue weighted by Gasteiger charge is 2.57. The van der Waals surface area contributed by atoms with Crippen LogP contribution in [0.4, 0.5) is 0 Å². The van der Waals surface area contributed by atoms with Gasteiger partial charge in [-0.05, 0) is 13.3 Å². The van der Waals surface area contributed by atoms with Gasteiger partial charge in [-0.3, -0.25) is 0 Å². The van der Waals surface area contributed by atoms with Gasteiger partial charge in [-0.1, -0.05) is 32.9 Å². The van der Waals surface area contributed by atoms with E-state index in [2.05, 4.69) is 0 Å². The van der Waals surface area contributed by atoms with Gasteiger partial charge in [-0.15, -0.1) is 0 Å². The summed E-state index contributed by atoms with van der Waals surface area (Å²) in [5.41, 5.74) is -2.19. The predicted octanol–water partition coefficient (Wildman–Crippen LogP) is -1.73. The van der Waals surface area contributed by atoms with Gasteiger partial charge in [0.2, 0.25) is 0 Å². The highest BCUT2D eigenvalue weighted by Crippen LogP contribution is 2.49. The molecule has 1 heterocycles. The third-order valence-electron chi connectivity index (χ3n) is 6.14. The van der Waals surface area contributed by atoms with E-state index < -0.39 is 72.6 Å². The van der Waals surface area contributed by atoms with Gasteiger partial charge >= 0.3 is 0 Å². The summed E-state index contributed by atoms with van der Waals surface area (Å²) < 4.78 is 11.1. The summed E-state index contributed by atoms with van der Waals surface area (Å²) in [7, 11) is 0. The van der Waals surface area contributed by atoms with E-state index in [4.69, 9.17) is 9.47 Å².